The Kier molecular flexibility index (Phi) is 3.02. The van der Waals surface area contributed by atoms with E-state index >= 15 is 0 Å². The SMILES string of the molecule is CCS(=O)(=O)N1CC(C)C(C)C1C. The average Bonchev–Trinajstić information content (AvgIpc) is 2.33. The molecule has 0 bridgehead atoms. The van der Waals surface area contributed by atoms with Crippen LogP contribution < -0.4 is 0 Å². The van der Waals surface area contributed by atoms with Gasteiger partial charge >= 0.3 is 0 Å². The largest absolute Gasteiger partial charge is 0.214 e. The third kappa shape index (κ3) is 1.89. The van der Waals surface area contributed by atoms with Crippen molar-refractivity contribution in [2.75, 3.05) is 12.3 Å². The summed E-state index contributed by atoms with van der Waals surface area (Å²) in [7, 11) is -2.98. The van der Waals surface area contributed by atoms with Crippen molar-refractivity contribution >= 4 is 10.0 Å². The molecular weight excluding hydrogens is 186 g/mol. The molecule has 1 aliphatic heterocycles. The topological polar surface area (TPSA) is 37.4 Å². The maximum Gasteiger partial charge on any atom is 0.214 e. The molecule has 0 aromatic rings. The van der Waals surface area contributed by atoms with Gasteiger partial charge in [0, 0.05) is 12.6 Å². The number of nitrogens with zero attached hydrogens (tertiary/aromatic N) is 1. The Morgan fingerprint density at radius 3 is 2.15 bits per heavy atom. The van der Waals surface area contributed by atoms with Gasteiger partial charge in [0.15, 0.2) is 0 Å². The Balaban J connectivity index is 2.86. The highest BCUT2D eigenvalue weighted by Crippen LogP contribution is 2.30. The van der Waals surface area contributed by atoms with Gasteiger partial charge in [-0.15, -0.1) is 0 Å². The van der Waals surface area contributed by atoms with Crippen LogP contribution in [0.3, 0.4) is 0 Å². The number of hydrogen-bond donors (Lipinski definition) is 0. The lowest BCUT2D eigenvalue weighted by Crippen LogP contribution is -2.36. The molecule has 1 saturated heterocycles. The lowest BCUT2D eigenvalue weighted by molar-refractivity contribution is 0.367. The van der Waals surface area contributed by atoms with Gasteiger partial charge in [-0.1, -0.05) is 13.8 Å². The monoisotopic (exact) mass is 205 g/mol. The zero-order valence-electron chi connectivity index (χ0n) is 8.82. The summed E-state index contributed by atoms with van der Waals surface area (Å²) < 4.78 is 24.9. The first kappa shape index (κ1) is 11.0. The van der Waals surface area contributed by atoms with Gasteiger partial charge in [0.1, 0.15) is 0 Å². The van der Waals surface area contributed by atoms with Gasteiger partial charge in [-0.05, 0) is 25.7 Å². The van der Waals surface area contributed by atoms with Crippen LogP contribution in [0.1, 0.15) is 27.7 Å². The molecule has 0 saturated carbocycles. The Bertz CT molecular complexity index is 273. The zero-order chi connectivity index (χ0) is 10.2. The molecule has 0 radical (unpaired) electrons. The molecule has 1 fully saturated rings. The molecule has 4 heteroatoms. The van der Waals surface area contributed by atoms with Crippen LogP contribution in [0.25, 0.3) is 0 Å². The van der Waals surface area contributed by atoms with Crippen molar-refractivity contribution < 1.29 is 8.42 Å². The fourth-order valence-electron chi connectivity index (χ4n) is 1.89. The highest BCUT2D eigenvalue weighted by Gasteiger charge is 2.39. The molecule has 0 aliphatic carbocycles. The standard InChI is InChI=1S/C9H19NO2S/c1-5-13(11,12)10-6-7(2)8(3)9(10)4/h7-9H,5-6H2,1-4H3. The summed E-state index contributed by atoms with van der Waals surface area (Å²) in [5.74, 6) is 1.18. The Morgan fingerprint density at radius 2 is 1.85 bits per heavy atom. The molecule has 13 heavy (non-hydrogen) atoms. The molecule has 0 amide bonds. The van der Waals surface area contributed by atoms with Gasteiger partial charge < -0.3 is 0 Å². The minimum atomic E-state index is -2.98. The van der Waals surface area contributed by atoms with E-state index in [1.54, 1.807) is 11.2 Å². The maximum atomic E-state index is 11.6. The van der Waals surface area contributed by atoms with E-state index in [-0.39, 0.29) is 11.8 Å². The lowest BCUT2D eigenvalue weighted by Gasteiger charge is -2.21. The second-order valence-corrected chi connectivity index (χ2v) is 6.26. The molecule has 1 heterocycles. The van der Waals surface area contributed by atoms with Gasteiger partial charge in [0.2, 0.25) is 10.0 Å². The second-order valence-electron chi connectivity index (χ2n) is 4.05. The van der Waals surface area contributed by atoms with E-state index in [4.69, 9.17) is 0 Å². The van der Waals surface area contributed by atoms with Crippen LogP contribution in [-0.2, 0) is 10.0 Å². The normalized spacial score (nSPS) is 36.8. The minimum absolute atomic E-state index is 0.167. The third-order valence-corrected chi connectivity index (χ3v) is 5.23. The van der Waals surface area contributed by atoms with Crippen LogP contribution >= 0.6 is 0 Å². The average molecular weight is 205 g/mol. The second kappa shape index (κ2) is 3.58. The summed E-state index contributed by atoms with van der Waals surface area (Å²) in [6.45, 7) is 8.64. The zero-order valence-corrected chi connectivity index (χ0v) is 9.63. The summed E-state index contributed by atoms with van der Waals surface area (Å²) in [5, 5.41) is 0. The Labute approximate surface area is 81.2 Å². The first-order valence-corrected chi connectivity index (χ1v) is 6.50. The van der Waals surface area contributed by atoms with E-state index in [0.717, 1.165) is 0 Å². The summed E-state index contributed by atoms with van der Waals surface area (Å²) in [6.07, 6.45) is 0. The van der Waals surface area contributed by atoms with E-state index in [0.29, 0.717) is 18.4 Å². The summed E-state index contributed by atoms with van der Waals surface area (Å²) in [6, 6.07) is 0.167. The molecule has 3 atom stereocenters. The molecule has 1 rings (SSSR count). The predicted octanol–water partition coefficient (Wildman–Crippen LogP) is 1.31. The van der Waals surface area contributed by atoms with Crippen molar-refractivity contribution in [3.8, 4) is 0 Å². The maximum absolute atomic E-state index is 11.6. The molecule has 1 aliphatic rings. The van der Waals surface area contributed by atoms with Crippen LogP contribution in [0, 0.1) is 11.8 Å². The molecule has 0 spiro atoms. The van der Waals surface area contributed by atoms with Gasteiger partial charge in [0.25, 0.3) is 0 Å². The van der Waals surface area contributed by atoms with Crippen molar-refractivity contribution in [2.45, 2.75) is 33.7 Å². The Morgan fingerprint density at radius 1 is 1.31 bits per heavy atom. The van der Waals surface area contributed by atoms with E-state index in [1.807, 2.05) is 6.92 Å². The predicted molar refractivity (Wildman–Crippen MR) is 54.0 cm³/mol. The molecule has 3 unspecified atom stereocenters. The van der Waals surface area contributed by atoms with Crippen molar-refractivity contribution in [3.63, 3.8) is 0 Å². The minimum Gasteiger partial charge on any atom is -0.212 e. The van der Waals surface area contributed by atoms with Gasteiger partial charge in [-0.25, -0.2) is 8.42 Å². The Hall–Kier alpha value is -0.0900. The van der Waals surface area contributed by atoms with Crippen LogP contribution in [0.4, 0.5) is 0 Å². The first-order valence-electron chi connectivity index (χ1n) is 4.89. The number of rotatable bonds is 2. The summed E-state index contributed by atoms with van der Waals surface area (Å²) >= 11 is 0. The highest BCUT2D eigenvalue weighted by atomic mass is 32.2. The molecule has 3 nitrogen and oxygen atoms in total. The first-order chi connectivity index (χ1) is 5.90. The van der Waals surface area contributed by atoms with E-state index in [2.05, 4.69) is 13.8 Å². The highest BCUT2D eigenvalue weighted by molar-refractivity contribution is 7.89. The van der Waals surface area contributed by atoms with Crippen LogP contribution in [0.15, 0.2) is 0 Å². The van der Waals surface area contributed by atoms with Crippen LogP contribution in [0.5, 0.6) is 0 Å². The molecule has 0 aromatic carbocycles. The van der Waals surface area contributed by atoms with Crippen LogP contribution in [0.2, 0.25) is 0 Å². The quantitative estimate of drug-likeness (QED) is 0.681. The van der Waals surface area contributed by atoms with Crippen molar-refractivity contribution in [3.05, 3.63) is 0 Å². The van der Waals surface area contributed by atoms with E-state index in [1.165, 1.54) is 0 Å². The summed E-state index contributed by atoms with van der Waals surface area (Å²) in [4.78, 5) is 0. The van der Waals surface area contributed by atoms with Crippen LogP contribution in [-0.4, -0.2) is 31.1 Å². The molecule has 0 N–H and O–H groups in total. The van der Waals surface area contributed by atoms with Crippen molar-refractivity contribution in [2.24, 2.45) is 11.8 Å². The van der Waals surface area contributed by atoms with Gasteiger partial charge in [-0.2, -0.15) is 4.31 Å². The third-order valence-electron chi connectivity index (χ3n) is 3.30. The smallest absolute Gasteiger partial charge is 0.212 e. The number of sulfonamides is 1. The molecule has 78 valence electrons. The number of hydrogen-bond acceptors (Lipinski definition) is 2. The molecule has 0 aromatic heterocycles. The lowest BCUT2D eigenvalue weighted by atomic mass is 9.95. The van der Waals surface area contributed by atoms with Gasteiger partial charge in [-0.3, -0.25) is 0 Å². The van der Waals surface area contributed by atoms with E-state index in [9.17, 15) is 8.42 Å². The summed E-state index contributed by atoms with van der Waals surface area (Å²) in [5.41, 5.74) is 0. The molecular formula is C9H19NO2S. The fourth-order valence-corrected chi connectivity index (χ4v) is 3.38. The van der Waals surface area contributed by atoms with Crippen molar-refractivity contribution in [1.82, 2.24) is 4.31 Å². The van der Waals surface area contributed by atoms with Gasteiger partial charge in [0.05, 0.1) is 5.75 Å². The fraction of sp³-hybridized carbons (Fsp3) is 1.00. The van der Waals surface area contributed by atoms with E-state index < -0.39 is 10.0 Å². The van der Waals surface area contributed by atoms with Crippen molar-refractivity contribution in [1.29, 1.82) is 0 Å².